The van der Waals surface area contributed by atoms with Gasteiger partial charge in [-0.3, -0.25) is 0 Å². The van der Waals surface area contributed by atoms with Crippen molar-refractivity contribution in [2.45, 2.75) is 330 Å². The predicted molar refractivity (Wildman–Crippen MR) is 297 cm³/mol. The zero-order chi connectivity index (χ0) is 50.7. The highest BCUT2D eigenvalue weighted by Crippen LogP contribution is 2.34. The van der Waals surface area contributed by atoms with Gasteiger partial charge in [-0.1, -0.05) is 292 Å². The molecule has 6 nitrogen and oxygen atoms in total. The van der Waals surface area contributed by atoms with E-state index in [2.05, 4.69) is 41.5 Å². The average Bonchev–Trinajstić information content (AvgIpc) is 3.29. The lowest BCUT2D eigenvalue weighted by atomic mass is 9.80. The van der Waals surface area contributed by atoms with E-state index in [9.17, 15) is 29.7 Å². The average molecular weight is 968 g/mol. The van der Waals surface area contributed by atoms with E-state index in [1.165, 1.54) is 199 Å². The summed E-state index contributed by atoms with van der Waals surface area (Å²) in [6.07, 6.45) is 53.6. The molecule has 0 unspecified atom stereocenters. The van der Waals surface area contributed by atoms with Gasteiger partial charge in [0, 0.05) is 0 Å². The summed E-state index contributed by atoms with van der Waals surface area (Å²) in [5.41, 5.74) is 0.958. The zero-order valence-electron chi connectivity index (χ0n) is 46.6. The Morgan fingerprint density at radius 1 is 0.246 bits per heavy atom. The van der Waals surface area contributed by atoms with Gasteiger partial charge in [0.25, 0.3) is 0 Å². The van der Waals surface area contributed by atoms with Crippen LogP contribution in [0, 0.1) is 17.8 Å². The van der Waals surface area contributed by atoms with E-state index in [-0.39, 0.29) is 11.1 Å². The monoisotopic (exact) mass is 967 g/mol. The van der Waals surface area contributed by atoms with Crippen LogP contribution in [0.25, 0.3) is 0 Å². The molecule has 1 aromatic carbocycles. The molecule has 0 radical (unpaired) electrons. The minimum Gasteiger partial charge on any atom is -0.478 e. The fourth-order valence-corrected chi connectivity index (χ4v) is 10.8. The second kappa shape index (κ2) is 44.3. The molecular weight excluding hydrogens is 853 g/mol. The number of aromatic carboxylic acids is 3. The summed E-state index contributed by atoms with van der Waals surface area (Å²) in [7, 11) is 0. The van der Waals surface area contributed by atoms with Crippen LogP contribution in [0.15, 0.2) is 0 Å². The van der Waals surface area contributed by atoms with Crippen LogP contribution in [0.3, 0.4) is 0 Å². The first-order chi connectivity index (χ1) is 33.4. The second-order valence-corrected chi connectivity index (χ2v) is 23.1. The molecule has 0 aromatic heterocycles. The Morgan fingerprint density at radius 2 is 0.406 bits per heavy atom. The van der Waals surface area contributed by atoms with Crippen LogP contribution in [-0.2, 0) is 19.3 Å². The van der Waals surface area contributed by atoms with E-state index in [1.54, 1.807) is 0 Å². The standard InChI is InChI=1S/C63H114O6/c1-52(2)46-40-34-28-22-16-10-7-13-19-25-31-37-43-49-55-56(50-44-38-32-26-20-14-8-11-17-23-29-35-41-47-53(3)4)58(61(64)65)60(63(68)69)59(62(66)67)57(55)51-45-39-33-27-21-15-9-12-18-24-30-36-42-48-54(5)6/h52-54H,7-51H2,1-6H3,(H,64,65)(H,66,67)(H,68,69). The Balaban J connectivity index is 2.88. The van der Waals surface area contributed by atoms with E-state index < -0.39 is 23.5 Å². The molecule has 0 saturated heterocycles. The summed E-state index contributed by atoms with van der Waals surface area (Å²) in [5.74, 6) is -1.64. The molecule has 3 N–H and O–H groups in total. The Bertz CT molecular complexity index is 1330. The van der Waals surface area contributed by atoms with Crippen LogP contribution in [0.1, 0.15) is 359 Å². The first-order valence-corrected chi connectivity index (χ1v) is 30.3. The lowest BCUT2D eigenvalue weighted by Gasteiger charge is -2.23. The molecular formula is C63H114O6. The van der Waals surface area contributed by atoms with Crippen molar-refractivity contribution < 1.29 is 29.7 Å². The molecule has 402 valence electrons. The molecule has 69 heavy (non-hydrogen) atoms. The van der Waals surface area contributed by atoms with Crippen LogP contribution in [-0.4, -0.2) is 33.2 Å². The highest BCUT2D eigenvalue weighted by Gasteiger charge is 2.33. The third-order valence-electron chi connectivity index (χ3n) is 15.1. The molecule has 0 fully saturated rings. The lowest BCUT2D eigenvalue weighted by molar-refractivity contribution is 0.0631. The number of benzene rings is 1. The number of carboxylic acid groups (broad SMARTS) is 3. The highest BCUT2D eigenvalue weighted by atomic mass is 16.4. The minimum atomic E-state index is -1.45. The Labute approximate surface area is 427 Å². The molecule has 0 aliphatic carbocycles. The van der Waals surface area contributed by atoms with E-state index in [1.807, 2.05) is 0 Å². The molecule has 6 heteroatoms. The molecule has 0 heterocycles. The maximum Gasteiger partial charge on any atom is 0.337 e. The van der Waals surface area contributed by atoms with E-state index in [0.717, 1.165) is 93.9 Å². The van der Waals surface area contributed by atoms with E-state index >= 15 is 0 Å². The molecule has 0 atom stereocenters. The smallest absolute Gasteiger partial charge is 0.337 e. The molecule has 0 aliphatic heterocycles. The van der Waals surface area contributed by atoms with Crippen molar-refractivity contribution in [1.82, 2.24) is 0 Å². The summed E-state index contributed by atoms with van der Waals surface area (Å²) in [6, 6.07) is 0. The molecule has 0 amide bonds. The molecule has 1 rings (SSSR count). The van der Waals surface area contributed by atoms with Gasteiger partial charge >= 0.3 is 17.9 Å². The Kier molecular flexibility index (Phi) is 41.5. The van der Waals surface area contributed by atoms with Gasteiger partial charge in [0.15, 0.2) is 0 Å². The summed E-state index contributed by atoms with van der Waals surface area (Å²) < 4.78 is 0. The third kappa shape index (κ3) is 34.6. The van der Waals surface area contributed by atoms with Crippen LogP contribution in [0.2, 0.25) is 0 Å². The van der Waals surface area contributed by atoms with Gasteiger partial charge in [0.2, 0.25) is 0 Å². The van der Waals surface area contributed by atoms with Crippen molar-refractivity contribution in [3.8, 4) is 0 Å². The van der Waals surface area contributed by atoms with Gasteiger partial charge in [-0.15, -0.1) is 0 Å². The number of hydrogen-bond acceptors (Lipinski definition) is 3. The van der Waals surface area contributed by atoms with Gasteiger partial charge < -0.3 is 15.3 Å². The third-order valence-corrected chi connectivity index (χ3v) is 15.1. The zero-order valence-corrected chi connectivity index (χ0v) is 46.6. The minimum absolute atomic E-state index is 0.278. The van der Waals surface area contributed by atoms with E-state index in [0.29, 0.717) is 30.4 Å². The second-order valence-electron chi connectivity index (χ2n) is 23.1. The summed E-state index contributed by atoms with van der Waals surface area (Å²) in [6.45, 7) is 13.9. The van der Waals surface area contributed by atoms with Gasteiger partial charge in [0.05, 0.1) is 16.7 Å². The van der Waals surface area contributed by atoms with Gasteiger partial charge in [0.1, 0.15) is 0 Å². The van der Waals surface area contributed by atoms with Crippen LogP contribution in [0.4, 0.5) is 0 Å². The van der Waals surface area contributed by atoms with Crippen molar-refractivity contribution in [2.75, 3.05) is 0 Å². The summed E-state index contributed by atoms with van der Waals surface area (Å²) in [5, 5.41) is 31.8. The Morgan fingerprint density at radius 3 is 0.580 bits per heavy atom. The number of carboxylic acids is 3. The topological polar surface area (TPSA) is 112 Å². The normalized spacial score (nSPS) is 11.8. The summed E-state index contributed by atoms with van der Waals surface area (Å²) in [4.78, 5) is 39.0. The predicted octanol–water partition coefficient (Wildman–Crippen LogP) is 20.8. The number of carbonyl (C=O) groups is 3. The van der Waals surface area contributed by atoms with Crippen molar-refractivity contribution in [3.63, 3.8) is 0 Å². The number of hydrogen-bond donors (Lipinski definition) is 3. The number of unbranched alkanes of at least 4 members (excludes halogenated alkanes) is 36. The van der Waals surface area contributed by atoms with Crippen LogP contribution in [0.5, 0.6) is 0 Å². The first kappa shape index (κ1) is 64.6. The molecule has 0 aliphatic rings. The van der Waals surface area contributed by atoms with Crippen molar-refractivity contribution in [3.05, 3.63) is 33.4 Å². The Hall–Kier alpha value is -2.37. The van der Waals surface area contributed by atoms with Crippen LogP contribution >= 0.6 is 0 Å². The molecule has 0 spiro atoms. The molecule has 1 aromatic rings. The first-order valence-electron chi connectivity index (χ1n) is 30.3. The van der Waals surface area contributed by atoms with Crippen molar-refractivity contribution in [2.24, 2.45) is 17.8 Å². The lowest BCUT2D eigenvalue weighted by Crippen LogP contribution is -2.23. The number of rotatable bonds is 51. The highest BCUT2D eigenvalue weighted by molar-refractivity contribution is 6.11. The van der Waals surface area contributed by atoms with Crippen molar-refractivity contribution >= 4 is 17.9 Å². The molecule has 0 saturated carbocycles. The van der Waals surface area contributed by atoms with E-state index in [4.69, 9.17) is 0 Å². The quantitative estimate of drug-likeness (QED) is 0.0561. The maximum absolute atomic E-state index is 13.0. The summed E-state index contributed by atoms with van der Waals surface area (Å²) >= 11 is 0. The van der Waals surface area contributed by atoms with Crippen molar-refractivity contribution in [1.29, 1.82) is 0 Å². The van der Waals surface area contributed by atoms with Gasteiger partial charge in [-0.05, 0) is 73.0 Å². The maximum atomic E-state index is 13.0. The fraction of sp³-hybridized carbons (Fsp3) is 0.857. The van der Waals surface area contributed by atoms with Gasteiger partial charge in [-0.25, -0.2) is 14.4 Å². The van der Waals surface area contributed by atoms with Crippen LogP contribution < -0.4 is 0 Å². The fourth-order valence-electron chi connectivity index (χ4n) is 10.8. The van der Waals surface area contributed by atoms with Gasteiger partial charge in [-0.2, -0.15) is 0 Å². The largest absolute Gasteiger partial charge is 0.478 e. The SMILES string of the molecule is CC(C)CCCCCCCCCCCCCCCc1c(CCCCCCCCCCCCCCCC(C)C)c(C(=O)O)c(C(=O)O)c(C(=O)O)c1CCCCCCCCCCCCCCCC(C)C. The molecule has 0 bridgehead atoms.